The first kappa shape index (κ1) is 19.5. The SMILES string of the molecule is COc1cc(C(=O)NCCN2CCCCCC2=O)c([N+](=O)[O-])cc1OC. The van der Waals surface area contributed by atoms with Gasteiger partial charge in [0.15, 0.2) is 11.5 Å². The minimum absolute atomic E-state index is 0.0776. The number of nitrogens with zero attached hydrogens (tertiary/aromatic N) is 2. The topological polar surface area (TPSA) is 111 Å². The van der Waals surface area contributed by atoms with Gasteiger partial charge in [-0.15, -0.1) is 0 Å². The minimum Gasteiger partial charge on any atom is -0.493 e. The van der Waals surface area contributed by atoms with Crippen LogP contribution in [0.25, 0.3) is 0 Å². The van der Waals surface area contributed by atoms with Gasteiger partial charge in [0.05, 0.1) is 25.2 Å². The van der Waals surface area contributed by atoms with Gasteiger partial charge in [-0.05, 0) is 12.8 Å². The smallest absolute Gasteiger partial charge is 0.286 e. The summed E-state index contributed by atoms with van der Waals surface area (Å²) < 4.78 is 10.1. The molecule has 26 heavy (non-hydrogen) atoms. The number of methoxy groups -OCH3 is 2. The molecule has 0 unspecified atom stereocenters. The maximum absolute atomic E-state index is 12.4. The van der Waals surface area contributed by atoms with Crippen LogP contribution in [0.3, 0.4) is 0 Å². The molecule has 1 aliphatic rings. The summed E-state index contributed by atoms with van der Waals surface area (Å²) >= 11 is 0. The van der Waals surface area contributed by atoms with E-state index in [0.29, 0.717) is 19.5 Å². The number of nitro groups is 1. The number of nitrogens with one attached hydrogen (secondary N) is 1. The number of carbonyl (C=O) groups is 2. The van der Waals surface area contributed by atoms with Crippen LogP contribution in [0.1, 0.15) is 36.0 Å². The van der Waals surface area contributed by atoms with E-state index < -0.39 is 10.8 Å². The zero-order valence-corrected chi connectivity index (χ0v) is 14.9. The number of benzene rings is 1. The van der Waals surface area contributed by atoms with E-state index in [2.05, 4.69) is 5.32 Å². The molecule has 1 aliphatic heterocycles. The molecular formula is C17H23N3O6. The Labute approximate surface area is 151 Å². The van der Waals surface area contributed by atoms with Crippen molar-refractivity contribution in [1.82, 2.24) is 10.2 Å². The Bertz CT molecular complexity index is 691. The van der Waals surface area contributed by atoms with E-state index in [1.54, 1.807) is 4.90 Å². The zero-order valence-electron chi connectivity index (χ0n) is 14.9. The van der Waals surface area contributed by atoms with E-state index in [1.807, 2.05) is 0 Å². The fourth-order valence-corrected chi connectivity index (χ4v) is 2.88. The van der Waals surface area contributed by atoms with Crippen LogP contribution < -0.4 is 14.8 Å². The summed E-state index contributed by atoms with van der Waals surface area (Å²) in [4.78, 5) is 36.7. The van der Waals surface area contributed by atoms with Gasteiger partial charge in [0, 0.05) is 32.1 Å². The maximum Gasteiger partial charge on any atom is 0.286 e. The summed E-state index contributed by atoms with van der Waals surface area (Å²) in [7, 11) is 2.75. The summed E-state index contributed by atoms with van der Waals surface area (Å²) in [6, 6.07) is 2.44. The molecule has 0 aliphatic carbocycles. The third kappa shape index (κ3) is 4.62. The highest BCUT2D eigenvalue weighted by molar-refractivity contribution is 5.99. The van der Waals surface area contributed by atoms with Gasteiger partial charge in [-0.1, -0.05) is 6.42 Å². The fraction of sp³-hybridized carbons (Fsp3) is 0.529. The summed E-state index contributed by atoms with van der Waals surface area (Å²) in [5.74, 6) is -0.120. The summed E-state index contributed by atoms with van der Waals surface area (Å²) in [6.07, 6.45) is 3.38. The van der Waals surface area contributed by atoms with E-state index in [4.69, 9.17) is 9.47 Å². The lowest BCUT2D eigenvalue weighted by Gasteiger charge is -2.20. The predicted molar refractivity (Wildman–Crippen MR) is 93.6 cm³/mol. The highest BCUT2D eigenvalue weighted by Crippen LogP contribution is 2.34. The van der Waals surface area contributed by atoms with Crippen molar-refractivity contribution in [1.29, 1.82) is 0 Å². The van der Waals surface area contributed by atoms with Crippen molar-refractivity contribution in [3.05, 3.63) is 27.8 Å². The molecule has 142 valence electrons. The Morgan fingerprint density at radius 1 is 1.23 bits per heavy atom. The van der Waals surface area contributed by atoms with E-state index in [1.165, 1.54) is 20.3 Å². The first-order chi connectivity index (χ1) is 12.5. The van der Waals surface area contributed by atoms with Crippen LogP contribution in [0.5, 0.6) is 11.5 Å². The van der Waals surface area contributed by atoms with E-state index in [9.17, 15) is 19.7 Å². The third-order valence-corrected chi connectivity index (χ3v) is 4.28. The van der Waals surface area contributed by atoms with Gasteiger partial charge in [0.25, 0.3) is 11.6 Å². The molecule has 0 saturated carbocycles. The Hall–Kier alpha value is -2.84. The quantitative estimate of drug-likeness (QED) is 0.582. The molecule has 0 radical (unpaired) electrons. The molecule has 1 fully saturated rings. The van der Waals surface area contributed by atoms with Gasteiger partial charge in [-0.3, -0.25) is 19.7 Å². The first-order valence-corrected chi connectivity index (χ1v) is 8.44. The average Bonchev–Trinajstić information content (AvgIpc) is 2.84. The van der Waals surface area contributed by atoms with Crippen molar-refractivity contribution >= 4 is 17.5 Å². The van der Waals surface area contributed by atoms with Gasteiger partial charge >= 0.3 is 0 Å². The Morgan fingerprint density at radius 2 is 1.92 bits per heavy atom. The number of hydrogen-bond acceptors (Lipinski definition) is 6. The summed E-state index contributed by atoms with van der Waals surface area (Å²) in [6.45, 7) is 1.27. The van der Waals surface area contributed by atoms with Crippen molar-refractivity contribution < 1.29 is 24.0 Å². The predicted octanol–water partition coefficient (Wildman–Crippen LogP) is 1.74. The van der Waals surface area contributed by atoms with Crippen LogP contribution in [-0.2, 0) is 4.79 Å². The van der Waals surface area contributed by atoms with Crippen LogP contribution in [0.15, 0.2) is 12.1 Å². The molecule has 2 amide bonds. The standard InChI is InChI=1S/C17H23N3O6/c1-25-14-10-12(13(20(23)24)11-15(14)26-2)17(22)18-7-9-19-8-5-3-4-6-16(19)21/h10-11H,3-9H2,1-2H3,(H,18,22). The lowest BCUT2D eigenvalue weighted by molar-refractivity contribution is -0.385. The second kappa shape index (κ2) is 9.02. The van der Waals surface area contributed by atoms with Crippen LogP contribution in [-0.4, -0.2) is 55.5 Å². The Balaban J connectivity index is 2.08. The molecule has 0 bridgehead atoms. The molecule has 1 aromatic carbocycles. The lowest BCUT2D eigenvalue weighted by atomic mass is 10.1. The van der Waals surface area contributed by atoms with Crippen molar-refractivity contribution in [2.24, 2.45) is 0 Å². The molecular weight excluding hydrogens is 342 g/mol. The second-order valence-corrected chi connectivity index (χ2v) is 5.93. The fourth-order valence-electron chi connectivity index (χ4n) is 2.88. The molecule has 9 nitrogen and oxygen atoms in total. The van der Waals surface area contributed by atoms with E-state index in [0.717, 1.165) is 25.3 Å². The second-order valence-electron chi connectivity index (χ2n) is 5.93. The van der Waals surface area contributed by atoms with Crippen LogP contribution in [0, 0.1) is 10.1 Å². The van der Waals surface area contributed by atoms with Crippen LogP contribution >= 0.6 is 0 Å². The van der Waals surface area contributed by atoms with Gasteiger partial charge in [0.1, 0.15) is 5.56 Å². The van der Waals surface area contributed by atoms with Crippen LogP contribution in [0.4, 0.5) is 5.69 Å². The van der Waals surface area contributed by atoms with E-state index >= 15 is 0 Å². The zero-order chi connectivity index (χ0) is 19.1. The molecule has 0 spiro atoms. The third-order valence-electron chi connectivity index (χ3n) is 4.28. The van der Waals surface area contributed by atoms with Crippen molar-refractivity contribution in [2.75, 3.05) is 33.9 Å². The summed E-state index contributed by atoms with van der Waals surface area (Å²) in [5.41, 5.74) is -0.485. The number of ether oxygens (including phenoxy) is 2. The molecule has 0 atom stereocenters. The number of likely N-dealkylation sites (tertiary alicyclic amines) is 1. The first-order valence-electron chi connectivity index (χ1n) is 8.44. The molecule has 1 N–H and O–H groups in total. The monoisotopic (exact) mass is 365 g/mol. The highest BCUT2D eigenvalue weighted by atomic mass is 16.6. The molecule has 9 heteroatoms. The summed E-state index contributed by atoms with van der Waals surface area (Å²) in [5, 5.41) is 13.9. The van der Waals surface area contributed by atoms with Gasteiger partial charge in [-0.25, -0.2) is 0 Å². The highest BCUT2D eigenvalue weighted by Gasteiger charge is 2.24. The number of nitro benzene ring substituents is 1. The largest absolute Gasteiger partial charge is 0.493 e. The lowest BCUT2D eigenvalue weighted by Crippen LogP contribution is -2.38. The molecule has 1 saturated heterocycles. The molecule has 0 aromatic heterocycles. The van der Waals surface area contributed by atoms with Gasteiger partial charge in [-0.2, -0.15) is 0 Å². The average molecular weight is 365 g/mol. The Morgan fingerprint density at radius 3 is 2.58 bits per heavy atom. The van der Waals surface area contributed by atoms with Crippen molar-refractivity contribution in [3.8, 4) is 11.5 Å². The molecule has 1 heterocycles. The molecule has 2 rings (SSSR count). The Kier molecular flexibility index (Phi) is 6.76. The maximum atomic E-state index is 12.4. The van der Waals surface area contributed by atoms with Crippen LogP contribution in [0.2, 0.25) is 0 Å². The number of hydrogen-bond donors (Lipinski definition) is 1. The minimum atomic E-state index is -0.644. The number of carbonyl (C=O) groups excluding carboxylic acids is 2. The normalized spacial score (nSPS) is 14.5. The van der Waals surface area contributed by atoms with E-state index in [-0.39, 0.29) is 35.2 Å². The van der Waals surface area contributed by atoms with Crippen molar-refractivity contribution in [3.63, 3.8) is 0 Å². The van der Waals surface area contributed by atoms with Crippen molar-refractivity contribution in [2.45, 2.75) is 25.7 Å². The van der Waals surface area contributed by atoms with Gasteiger partial charge < -0.3 is 19.7 Å². The van der Waals surface area contributed by atoms with Gasteiger partial charge in [0.2, 0.25) is 5.91 Å². The number of rotatable bonds is 7. The molecule has 1 aromatic rings. The number of amides is 2.